The van der Waals surface area contributed by atoms with Crippen LogP contribution in [0.3, 0.4) is 0 Å². The summed E-state index contributed by atoms with van der Waals surface area (Å²) in [6.45, 7) is 6.42. The molecule has 0 aliphatic carbocycles. The van der Waals surface area contributed by atoms with Crippen molar-refractivity contribution in [3.05, 3.63) is 77.4 Å². The molecule has 1 unspecified atom stereocenters. The third-order valence-corrected chi connectivity index (χ3v) is 4.49. The van der Waals surface area contributed by atoms with Crippen molar-refractivity contribution in [2.45, 2.75) is 26.7 Å². The van der Waals surface area contributed by atoms with Gasteiger partial charge >= 0.3 is 0 Å². The Balaban J connectivity index is 2.17. The second-order valence-corrected chi connectivity index (χ2v) is 6.00. The van der Waals surface area contributed by atoms with Crippen LogP contribution in [-0.2, 0) is 0 Å². The minimum atomic E-state index is 0.104. The molecule has 0 aromatic heterocycles. The highest BCUT2D eigenvalue weighted by atomic mass is 16.5. The largest absolute Gasteiger partial charge is 0.493 e. The molecule has 0 fully saturated rings. The summed E-state index contributed by atoms with van der Waals surface area (Å²) in [6, 6.07) is 20.3. The lowest BCUT2D eigenvalue weighted by Gasteiger charge is -2.19. The highest BCUT2D eigenvalue weighted by Gasteiger charge is 2.18. The van der Waals surface area contributed by atoms with Gasteiger partial charge in [-0.3, -0.25) is 4.79 Å². The smallest absolute Gasteiger partial charge is 0.160 e. The summed E-state index contributed by atoms with van der Waals surface area (Å²) in [5.74, 6) is 1.14. The summed E-state index contributed by atoms with van der Waals surface area (Å²) in [4.78, 5) is 12.0. The number of carbonyl (C=O) groups is 1. The maximum absolute atomic E-state index is 12.0. The molecule has 0 N–H and O–H groups in total. The van der Waals surface area contributed by atoms with Crippen molar-refractivity contribution in [1.82, 2.24) is 0 Å². The number of rotatable bonds is 5. The Morgan fingerprint density at radius 3 is 2.29 bits per heavy atom. The van der Waals surface area contributed by atoms with Gasteiger partial charge in [-0.1, -0.05) is 61.5 Å². The normalized spacial score (nSPS) is 12.1. The van der Waals surface area contributed by atoms with Crippen molar-refractivity contribution in [2.75, 3.05) is 6.61 Å². The third kappa shape index (κ3) is 2.92. The number of carbonyl (C=O) groups excluding carboxylic acids is 1. The second kappa shape index (κ2) is 6.88. The molecule has 0 aliphatic heterocycles. The standard InChI is InChI=1S/C22H22O2/c1-4-24-22-14-13-18(20-11-7-8-12-21(20)22)15(2)17-9-5-6-10-19(17)16(3)23/h5-15H,4H2,1-3H3. The molecule has 1 atom stereocenters. The van der Waals surface area contributed by atoms with Crippen molar-refractivity contribution in [1.29, 1.82) is 0 Å². The molecule has 24 heavy (non-hydrogen) atoms. The molecular weight excluding hydrogens is 296 g/mol. The topological polar surface area (TPSA) is 26.3 Å². The van der Waals surface area contributed by atoms with E-state index in [0.29, 0.717) is 6.61 Å². The van der Waals surface area contributed by atoms with E-state index in [4.69, 9.17) is 4.74 Å². The number of ketones is 1. The van der Waals surface area contributed by atoms with Gasteiger partial charge in [0.05, 0.1) is 6.61 Å². The van der Waals surface area contributed by atoms with E-state index in [1.807, 2.05) is 49.4 Å². The number of hydrogen-bond donors (Lipinski definition) is 0. The van der Waals surface area contributed by atoms with E-state index >= 15 is 0 Å². The van der Waals surface area contributed by atoms with Crippen LogP contribution in [-0.4, -0.2) is 12.4 Å². The summed E-state index contributed by atoms with van der Waals surface area (Å²) in [7, 11) is 0. The number of benzene rings is 3. The molecule has 3 rings (SSSR count). The lowest BCUT2D eigenvalue weighted by atomic mass is 9.86. The zero-order valence-corrected chi connectivity index (χ0v) is 14.4. The van der Waals surface area contributed by atoms with E-state index in [2.05, 4.69) is 25.1 Å². The van der Waals surface area contributed by atoms with Crippen LogP contribution in [0.15, 0.2) is 60.7 Å². The first-order chi connectivity index (χ1) is 11.6. The molecule has 2 heteroatoms. The Labute approximate surface area is 143 Å². The van der Waals surface area contributed by atoms with E-state index in [1.54, 1.807) is 6.92 Å². The third-order valence-electron chi connectivity index (χ3n) is 4.49. The first-order valence-corrected chi connectivity index (χ1v) is 8.37. The molecule has 0 saturated carbocycles. The highest BCUT2D eigenvalue weighted by Crippen LogP contribution is 2.36. The van der Waals surface area contributed by atoms with Crippen molar-refractivity contribution in [3.63, 3.8) is 0 Å². The molecule has 0 spiro atoms. The van der Waals surface area contributed by atoms with Crippen LogP contribution in [0.1, 0.15) is 48.2 Å². The van der Waals surface area contributed by atoms with Gasteiger partial charge in [-0.2, -0.15) is 0 Å². The second-order valence-electron chi connectivity index (χ2n) is 6.00. The van der Waals surface area contributed by atoms with Crippen molar-refractivity contribution >= 4 is 16.6 Å². The van der Waals surface area contributed by atoms with Gasteiger partial charge in [0.1, 0.15) is 5.75 Å². The Bertz CT molecular complexity index is 880. The number of ether oxygens (including phenoxy) is 1. The Morgan fingerprint density at radius 1 is 0.917 bits per heavy atom. The van der Waals surface area contributed by atoms with Gasteiger partial charge < -0.3 is 4.74 Å². The van der Waals surface area contributed by atoms with Gasteiger partial charge in [-0.25, -0.2) is 0 Å². The fraction of sp³-hybridized carbons (Fsp3) is 0.227. The van der Waals surface area contributed by atoms with E-state index in [9.17, 15) is 4.79 Å². The molecule has 3 aromatic rings. The van der Waals surface area contributed by atoms with Crippen LogP contribution in [0.4, 0.5) is 0 Å². The quantitative estimate of drug-likeness (QED) is 0.573. The fourth-order valence-electron chi connectivity index (χ4n) is 3.32. The van der Waals surface area contributed by atoms with Crippen LogP contribution in [0.5, 0.6) is 5.75 Å². The number of hydrogen-bond acceptors (Lipinski definition) is 2. The van der Waals surface area contributed by atoms with Crippen LogP contribution in [0.2, 0.25) is 0 Å². The first kappa shape index (κ1) is 16.3. The summed E-state index contributed by atoms with van der Waals surface area (Å²) < 4.78 is 5.77. The minimum absolute atomic E-state index is 0.104. The van der Waals surface area contributed by atoms with Gasteiger partial charge in [0.25, 0.3) is 0 Å². The first-order valence-electron chi connectivity index (χ1n) is 8.37. The molecule has 0 aliphatic rings. The molecule has 0 bridgehead atoms. The monoisotopic (exact) mass is 318 g/mol. The molecular formula is C22H22O2. The molecule has 0 heterocycles. The maximum Gasteiger partial charge on any atom is 0.160 e. The summed E-state index contributed by atoms with van der Waals surface area (Å²) >= 11 is 0. The van der Waals surface area contributed by atoms with Crippen molar-refractivity contribution in [2.24, 2.45) is 0 Å². The summed E-state index contributed by atoms with van der Waals surface area (Å²) in [5.41, 5.74) is 3.07. The lowest BCUT2D eigenvalue weighted by Crippen LogP contribution is -2.05. The van der Waals surface area contributed by atoms with E-state index < -0.39 is 0 Å². The molecule has 0 saturated heterocycles. The zero-order valence-electron chi connectivity index (χ0n) is 14.4. The molecule has 3 aromatic carbocycles. The highest BCUT2D eigenvalue weighted by molar-refractivity contribution is 5.96. The van der Waals surface area contributed by atoms with Gasteiger partial charge in [0, 0.05) is 16.9 Å². The number of Topliss-reactive ketones (excluding diaryl/α,β-unsaturated/α-hetero) is 1. The predicted molar refractivity (Wildman–Crippen MR) is 99.1 cm³/mol. The average molecular weight is 318 g/mol. The van der Waals surface area contributed by atoms with E-state index in [-0.39, 0.29) is 11.7 Å². The molecule has 2 nitrogen and oxygen atoms in total. The Hall–Kier alpha value is -2.61. The zero-order chi connectivity index (χ0) is 17.1. The predicted octanol–water partition coefficient (Wildman–Crippen LogP) is 5.59. The van der Waals surface area contributed by atoms with Crippen LogP contribution < -0.4 is 4.74 Å². The van der Waals surface area contributed by atoms with Gasteiger partial charge in [-0.05, 0) is 36.4 Å². The summed E-state index contributed by atoms with van der Waals surface area (Å²) in [5, 5.41) is 2.29. The van der Waals surface area contributed by atoms with E-state index in [1.165, 1.54) is 10.9 Å². The van der Waals surface area contributed by atoms with Gasteiger partial charge in [0.2, 0.25) is 0 Å². The SMILES string of the molecule is CCOc1ccc(C(C)c2ccccc2C(C)=O)c2ccccc12. The Kier molecular flexibility index (Phi) is 4.66. The minimum Gasteiger partial charge on any atom is -0.493 e. The lowest BCUT2D eigenvalue weighted by molar-refractivity contribution is 0.101. The van der Waals surface area contributed by atoms with Crippen molar-refractivity contribution in [3.8, 4) is 5.75 Å². The van der Waals surface area contributed by atoms with Crippen LogP contribution in [0, 0.1) is 0 Å². The van der Waals surface area contributed by atoms with Crippen LogP contribution >= 0.6 is 0 Å². The average Bonchev–Trinajstić information content (AvgIpc) is 2.61. The molecule has 0 radical (unpaired) electrons. The summed E-state index contributed by atoms with van der Waals surface area (Å²) in [6.07, 6.45) is 0. The number of fused-ring (bicyclic) bond motifs is 1. The molecule has 0 amide bonds. The van der Waals surface area contributed by atoms with Crippen molar-refractivity contribution < 1.29 is 9.53 Å². The van der Waals surface area contributed by atoms with E-state index in [0.717, 1.165) is 22.3 Å². The van der Waals surface area contributed by atoms with Gasteiger partial charge in [0.15, 0.2) is 5.78 Å². The van der Waals surface area contributed by atoms with Crippen LogP contribution in [0.25, 0.3) is 10.8 Å². The maximum atomic E-state index is 12.0. The Morgan fingerprint density at radius 2 is 1.58 bits per heavy atom. The fourth-order valence-corrected chi connectivity index (χ4v) is 3.32. The van der Waals surface area contributed by atoms with Gasteiger partial charge in [-0.15, -0.1) is 0 Å². The molecule has 122 valence electrons.